The standard InChI is InChI=1S/C17H26N4S/c1-14(2)10-19(11-15(3)4)13-21-17(22)20(12-18-21)16-8-6-5-7-9-16/h5-9,12,14-15H,10-11,13H2,1-4H3. The third kappa shape index (κ3) is 4.52. The first-order chi connectivity index (χ1) is 10.5. The topological polar surface area (TPSA) is 26.0 Å². The Hall–Kier alpha value is -1.46. The zero-order valence-corrected chi connectivity index (χ0v) is 14.8. The Morgan fingerprint density at radius 1 is 1.05 bits per heavy atom. The maximum Gasteiger partial charge on any atom is 0.203 e. The molecule has 2 rings (SSSR count). The van der Waals surface area contributed by atoms with Gasteiger partial charge in [-0.3, -0.25) is 9.47 Å². The highest BCUT2D eigenvalue weighted by molar-refractivity contribution is 7.71. The number of nitrogens with zero attached hydrogens (tertiary/aromatic N) is 4. The lowest BCUT2D eigenvalue weighted by molar-refractivity contribution is 0.165. The van der Waals surface area contributed by atoms with Crippen molar-refractivity contribution in [3.63, 3.8) is 0 Å². The van der Waals surface area contributed by atoms with Crippen molar-refractivity contribution in [2.45, 2.75) is 34.4 Å². The van der Waals surface area contributed by atoms with Crippen molar-refractivity contribution in [2.75, 3.05) is 13.1 Å². The van der Waals surface area contributed by atoms with Crippen LogP contribution in [0.5, 0.6) is 0 Å². The van der Waals surface area contributed by atoms with Gasteiger partial charge >= 0.3 is 0 Å². The van der Waals surface area contributed by atoms with E-state index in [0.29, 0.717) is 11.8 Å². The van der Waals surface area contributed by atoms with Crippen molar-refractivity contribution in [3.8, 4) is 5.69 Å². The van der Waals surface area contributed by atoms with Crippen LogP contribution in [0.15, 0.2) is 36.7 Å². The molecule has 0 aliphatic heterocycles. The molecule has 1 heterocycles. The molecule has 0 aliphatic carbocycles. The third-order valence-electron chi connectivity index (χ3n) is 3.35. The highest BCUT2D eigenvalue weighted by Crippen LogP contribution is 2.10. The minimum absolute atomic E-state index is 0.629. The molecule has 4 nitrogen and oxygen atoms in total. The van der Waals surface area contributed by atoms with E-state index in [2.05, 4.69) is 37.7 Å². The average molecular weight is 318 g/mol. The number of para-hydroxylation sites is 1. The molecule has 5 heteroatoms. The molecular formula is C17H26N4S. The van der Waals surface area contributed by atoms with Crippen LogP contribution in [0.1, 0.15) is 27.7 Å². The lowest BCUT2D eigenvalue weighted by atomic mass is 10.1. The molecule has 0 atom stereocenters. The monoisotopic (exact) mass is 318 g/mol. The molecule has 1 aromatic carbocycles. The molecule has 0 fully saturated rings. The summed E-state index contributed by atoms with van der Waals surface area (Å²) in [7, 11) is 0. The van der Waals surface area contributed by atoms with Crippen LogP contribution in [-0.2, 0) is 6.67 Å². The van der Waals surface area contributed by atoms with Gasteiger partial charge < -0.3 is 0 Å². The second kappa shape index (κ2) is 7.70. The summed E-state index contributed by atoms with van der Waals surface area (Å²) in [5.41, 5.74) is 1.05. The second-order valence-electron chi connectivity index (χ2n) is 6.58. The quantitative estimate of drug-likeness (QED) is 0.722. The van der Waals surface area contributed by atoms with Gasteiger partial charge in [0.1, 0.15) is 6.33 Å². The first kappa shape index (κ1) is 16.9. The van der Waals surface area contributed by atoms with Crippen LogP contribution in [0, 0.1) is 16.6 Å². The Bertz CT molecular complexity index is 618. The Labute approximate surface area is 138 Å². The van der Waals surface area contributed by atoms with Gasteiger partial charge in [0, 0.05) is 18.8 Å². The van der Waals surface area contributed by atoms with Crippen molar-refractivity contribution < 1.29 is 0 Å². The van der Waals surface area contributed by atoms with Gasteiger partial charge in [0.15, 0.2) is 0 Å². The van der Waals surface area contributed by atoms with Crippen molar-refractivity contribution >= 4 is 12.2 Å². The Morgan fingerprint density at radius 2 is 1.64 bits per heavy atom. The van der Waals surface area contributed by atoms with Gasteiger partial charge in [0.25, 0.3) is 0 Å². The summed E-state index contributed by atoms with van der Waals surface area (Å²) in [5, 5.41) is 4.48. The normalized spacial score (nSPS) is 11.8. The molecule has 1 aromatic heterocycles. The molecule has 0 unspecified atom stereocenters. The Morgan fingerprint density at radius 3 is 2.18 bits per heavy atom. The van der Waals surface area contributed by atoms with Gasteiger partial charge in [-0.1, -0.05) is 45.9 Å². The van der Waals surface area contributed by atoms with E-state index in [4.69, 9.17) is 12.2 Å². The summed E-state index contributed by atoms with van der Waals surface area (Å²) < 4.78 is 4.61. The summed E-state index contributed by atoms with van der Waals surface area (Å²) in [6.07, 6.45) is 1.81. The Kier molecular flexibility index (Phi) is 5.91. The fraction of sp³-hybridized carbons (Fsp3) is 0.529. The van der Waals surface area contributed by atoms with Crippen molar-refractivity contribution in [1.82, 2.24) is 19.2 Å². The average Bonchev–Trinajstić information content (AvgIpc) is 2.80. The molecule has 0 N–H and O–H groups in total. The smallest absolute Gasteiger partial charge is 0.203 e. The number of aromatic nitrogens is 3. The molecule has 0 amide bonds. The van der Waals surface area contributed by atoms with Crippen LogP contribution in [-0.4, -0.2) is 32.3 Å². The molecule has 0 saturated heterocycles. The molecule has 0 spiro atoms. The van der Waals surface area contributed by atoms with E-state index in [1.807, 2.05) is 39.6 Å². The molecule has 0 aliphatic rings. The summed E-state index contributed by atoms with van der Waals surface area (Å²) in [6.45, 7) is 11.8. The predicted octanol–water partition coefficient (Wildman–Crippen LogP) is 3.97. The predicted molar refractivity (Wildman–Crippen MR) is 93.6 cm³/mol. The number of hydrogen-bond acceptors (Lipinski definition) is 3. The second-order valence-corrected chi connectivity index (χ2v) is 6.95. The van der Waals surface area contributed by atoms with Crippen LogP contribution < -0.4 is 0 Å². The maximum atomic E-state index is 5.59. The van der Waals surface area contributed by atoms with E-state index in [-0.39, 0.29) is 0 Å². The van der Waals surface area contributed by atoms with Gasteiger partial charge in [0.2, 0.25) is 4.77 Å². The zero-order chi connectivity index (χ0) is 16.1. The molecule has 0 bridgehead atoms. The lowest BCUT2D eigenvalue weighted by Gasteiger charge is -2.25. The van der Waals surface area contributed by atoms with Crippen molar-refractivity contribution in [3.05, 3.63) is 41.4 Å². The van der Waals surface area contributed by atoms with E-state index in [0.717, 1.165) is 30.2 Å². The van der Waals surface area contributed by atoms with E-state index in [1.54, 1.807) is 6.33 Å². The minimum Gasteiger partial charge on any atom is -0.284 e. The fourth-order valence-corrected chi connectivity index (χ4v) is 2.87. The van der Waals surface area contributed by atoms with Gasteiger partial charge in [-0.05, 0) is 36.2 Å². The molecule has 0 radical (unpaired) electrons. The number of hydrogen-bond donors (Lipinski definition) is 0. The molecule has 2 aromatic rings. The van der Waals surface area contributed by atoms with Crippen LogP contribution in [0.3, 0.4) is 0 Å². The summed E-state index contributed by atoms with van der Waals surface area (Å²) in [6, 6.07) is 10.1. The number of benzene rings is 1. The summed E-state index contributed by atoms with van der Waals surface area (Å²) >= 11 is 5.59. The Balaban J connectivity index is 2.18. The van der Waals surface area contributed by atoms with E-state index in [9.17, 15) is 0 Å². The van der Waals surface area contributed by atoms with Crippen LogP contribution in [0.2, 0.25) is 0 Å². The first-order valence-corrected chi connectivity index (χ1v) is 8.30. The highest BCUT2D eigenvalue weighted by atomic mass is 32.1. The van der Waals surface area contributed by atoms with Crippen LogP contribution in [0.4, 0.5) is 0 Å². The molecule has 22 heavy (non-hydrogen) atoms. The van der Waals surface area contributed by atoms with E-state index < -0.39 is 0 Å². The largest absolute Gasteiger partial charge is 0.284 e. The van der Waals surface area contributed by atoms with E-state index >= 15 is 0 Å². The maximum absolute atomic E-state index is 5.59. The van der Waals surface area contributed by atoms with Gasteiger partial charge in [-0.15, -0.1) is 0 Å². The van der Waals surface area contributed by atoms with Crippen molar-refractivity contribution in [2.24, 2.45) is 11.8 Å². The van der Waals surface area contributed by atoms with E-state index in [1.165, 1.54) is 0 Å². The van der Waals surface area contributed by atoms with Crippen molar-refractivity contribution in [1.29, 1.82) is 0 Å². The fourth-order valence-electron chi connectivity index (χ4n) is 2.61. The lowest BCUT2D eigenvalue weighted by Crippen LogP contribution is -2.33. The zero-order valence-electron chi connectivity index (χ0n) is 13.9. The first-order valence-electron chi connectivity index (χ1n) is 7.89. The van der Waals surface area contributed by atoms with Gasteiger partial charge in [-0.25, -0.2) is 4.68 Å². The van der Waals surface area contributed by atoms with Gasteiger partial charge in [0.05, 0.1) is 6.67 Å². The van der Waals surface area contributed by atoms with Crippen LogP contribution in [0.25, 0.3) is 5.69 Å². The summed E-state index contributed by atoms with van der Waals surface area (Å²) in [5.74, 6) is 1.26. The van der Waals surface area contributed by atoms with Gasteiger partial charge in [-0.2, -0.15) is 5.10 Å². The summed E-state index contributed by atoms with van der Waals surface area (Å²) in [4.78, 5) is 2.42. The number of rotatable bonds is 7. The molecule has 120 valence electrons. The third-order valence-corrected chi connectivity index (χ3v) is 3.76. The SMILES string of the molecule is CC(C)CN(CC(C)C)Cn1ncn(-c2ccccc2)c1=S. The molecular weight excluding hydrogens is 292 g/mol. The molecule has 0 saturated carbocycles. The highest BCUT2D eigenvalue weighted by Gasteiger charge is 2.12. The minimum atomic E-state index is 0.629. The van der Waals surface area contributed by atoms with Crippen LogP contribution >= 0.6 is 12.2 Å².